The van der Waals surface area contributed by atoms with E-state index in [-0.39, 0.29) is 0 Å². The maximum Gasteiger partial charge on any atom is 0.146 e. The SMILES string of the molecule is O=CC1=CC=C2N=NN=C2C1. The predicted molar refractivity (Wildman–Crippen MR) is 39.1 cm³/mol. The van der Waals surface area contributed by atoms with Crippen LogP contribution in [0.1, 0.15) is 6.42 Å². The Kier molecular flexibility index (Phi) is 1.25. The number of nitrogens with zero attached hydrogens (tertiary/aromatic N) is 3. The first-order valence-electron chi connectivity index (χ1n) is 3.24. The van der Waals surface area contributed by atoms with Crippen molar-refractivity contribution in [1.82, 2.24) is 0 Å². The van der Waals surface area contributed by atoms with Gasteiger partial charge in [-0.05, 0) is 16.9 Å². The van der Waals surface area contributed by atoms with Crippen molar-refractivity contribution in [3.8, 4) is 0 Å². The quantitative estimate of drug-likeness (QED) is 0.514. The van der Waals surface area contributed by atoms with E-state index in [1.807, 2.05) is 0 Å². The molecule has 0 amide bonds. The summed E-state index contributed by atoms with van der Waals surface area (Å²) in [7, 11) is 0. The van der Waals surface area contributed by atoms with E-state index in [9.17, 15) is 4.79 Å². The van der Waals surface area contributed by atoms with E-state index in [2.05, 4.69) is 15.4 Å². The van der Waals surface area contributed by atoms with Crippen LogP contribution in [0, 0.1) is 0 Å². The van der Waals surface area contributed by atoms with Gasteiger partial charge in [0, 0.05) is 6.42 Å². The lowest BCUT2D eigenvalue weighted by Crippen LogP contribution is -2.04. The van der Waals surface area contributed by atoms with Crippen LogP contribution in [0.5, 0.6) is 0 Å². The Morgan fingerprint density at radius 1 is 1.45 bits per heavy atom. The molecule has 0 aromatic heterocycles. The monoisotopic (exact) mass is 147 g/mol. The minimum Gasteiger partial charge on any atom is -0.298 e. The van der Waals surface area contributed by atoms with Gasteiger partial charge in [-0.3, -0.25) is 4.79 Å². The topological polar surface area (TPSA) is 54.1 Å². The van der Waals surface area contributed by atoms with Crippen LogP contribution < -0.4 is 0 Å². The second-order valence-corrected chi connectivity index (χ2v) is 2.32. The second kappa shape index (κ2) is 2.23. The van der Waals surface area contributed by atoms with Crippen LogP contribution >= 0.6 is 0 Å². The summed E-state index contributed by atoms with van der Waals surface area (Å²) < 4.78 is 0. The van der Waals surface area contributed by atoms with E-state index in [1.165, 1.54) is 0 Å². The standard InChI is InChI=1S/C7H5N3O/c11-4-5-1-2-6-7(3-5)9-10-8-6/h1-2,4H,3H2. The van der Waals surface area contributed by atoms with E-state index < -0.39 is 0 Å². The van der Waals surface area contributed by atoms with Gasteiger partial charge in [0.05, 0.1) is 5.71 Å². The molecule has 54 valence electrons. The van der Waals surface area contributed by atoms with Gasteiger partial charge < -0.3 is 0 Å². The molecule has 2 rings (SSSR count). The average molecular weight is 147 g/mol. The van der Waals surface area contributed by atoms with Crippen molar-refractivity contribution in [2.75, 3.05) is 0 Å². The molecule has 0 saturated carbocycles. The first-order chi connectivity index (χ1) is 5.40. The molecule has 0 fully saturated rings. The van der Waals surface area contributed by atoms with E-state index in [1.54, 1.807) is 12.2 Å². The lowest BCUT2D eigenvalue weighted by Gasteiger charge is -2.03. The van der Waals surface area contributed by atoms with Crippen LogP contribution in [-0.4, -0.2) is 12.0 Å². The minimum absolute atomic E-state index is 0.558. The summed E-state index contributed by atoms with van der Waals surface area (Å²) >= 11 is 0. The van der Waals surface area contributed by atoms with Gasteiger partial charge in [-0.2, -0.15) is 0 Å². The fourth-order valence-corrected chi connectivity index (χ4v) is 1.01. The zero-order valence-corrected chi connectivity index (χ0v) is 5.69. The molecule has 0 saturated heterocycles. The zero-order chi connectivity index (χ0) is 7.68. The third kappa shape index (κ3) is 0.920. The van der Waals surface area contributed by atoms with Crippen molar-refractivity contribution in [3.63, 3.8) is 0 Å². The Labute approximate surface area is 63.0 Å². The molecule has 11 heavy (non-hydrogen) atoms. The van der Waals surface area contributed by atoms with Crippen molar-refractivity contribution >= 4 is 12.0 Å². The number of aldehydes is 1. The van der Waals surface area contributed by atoms with Crippen LogP contribution in [0.3, 0.4) is 0 Å². The van der Waals surface area contributed by atoms with Gasteiger partial charge in [-0.1, -0.05) is 6.08 Å². The fourth-order valence-electron chi connectivity index (χ4n) is 1.01. The van der Waals surface area contributed by atoms with Gasteiger partial charge in [-0.25, -0.2) is 0 Å². The molecule has 4 heteroatoms. The molecule has 1 aliphatic carbocycles. The normalized spacial score (nSPS) is 20.2. The van der Waals surface area contributed by atoms with Crippen LogP contribution in [0.4, 0.5) is 0 Å². The van der Waals surface area contributed by atoms with Crippen molar-refractivity contribution in [2.24, 2.45) is 15.4 Å². The third-order valence-corrected chi connectivity index (χ3v) is 1.59. The summed E-state index contributed by atoms with van der Waals surface area (Å²) in [4.78, 5) is 10.3. The molecule has 2 aliphatic rings. The average Bonchev–Trinajstić information content (AvgIpc) is 2.50. The lowest BCUT2D eigenvalue weighted by atomic mass is 10.0. The summed E-state index contributed by atoms with van der Waals surface area (Å²) in [6.07, 6.45) is 4.88. The Balaban J connectivity index is 2.37. The molecule has 0 bridgehead atoms. The molecule has 1 aliphatic heterocycles. The van der Waals surface area contributed by atoms with Crippen LogP contribution in [0.15, 0.2) is 38.9 Å². The van der Waals surface area contributed by atoms with Crippen LogP contribution in [0.2, 0.25) is 0 Å². The van der Waals surface area contributed by atoms with Crippen LogP contribution in [-0.2, 0) is 4.79 Å². The number of hydrogen-bond acceptors (Lipinski definition) is 4. The Hall–Kier alpha value is -1.58. The molecule has 0 N–H and O–H groups in total. The van der Waals surface area contributed by atoms with Gasteiger partial charge in [0.1, 0.15) is 12.0 Å². The smallest absolute Gasteiger partial charge is 0.146 e. The largest absolute Gasteiger partial charge is 0.298 e. The number of carbonyl (C=O) groups excluding carboxylic acids is 1. The summed E-state index contributed by atoms with van der Waals surface area (Å²) in [5.41, 5.74) is 2.28. The number of allylic oxidation sites excluding steroid dienone is 4. The van der Waals surface area contributed by atoms with E-state index in [0.29, 0.717) is 6.42 Å². The van der Waals surface area contributed by atoms with E-state index >= 15 is 0 Å². The molecule has 0 radical (unpaired) electrons. The fraction of sp³-hybridized carbons (Fsp3) is 0.143. The van der Waals surface area contributed by atoms with Gasteiger partial charge >= 0.3 is 0 Å². The third-order valence-electron chi connectivity index (χ3n) is 1.59. The molecular formula is C7H5N3O. The highest BCUT2D eigenvalue weighted by atomic mass is 16.1. The summed E-state index contributed by atoms with van der Waals surface area (Å²) in [5, 5.41) is 11.0. The number of rotatable bonds is 1. The highest BCUT2D eigenvalue weighted by molar-refractivity contribution is 6.06. The second-order valence-electron chi connectivity index (χ2n) is 2.32. The number of carbonyl (C=O) groups is 1. The molecule has 0 spiro atoms. The van der Waals surface area contributed by atoms with Gasteiger partial charge in [0.15, 0.2) is 0 Å². The first-order valence-corrected chi connectivity index (χ1v) is 3.24. The number of fused-ring (bicyclic) bond motifs is 1. The first kappa shape index (κ1) is 6.15. The van der Waals surface area contributed by atoms with Crippen molar-refractivity contribution in [2.45, 2.75) is 6.42 Å². The molecule has 4 nitrogen and oxygen atoms in total. The molecule has 1 heterocycles. The highest BCUT2D eigenvalue weighted by Crippen LogP contribution is 2.20. The molecule has 0 aromatic rings. The van der Waals surface area contributed by atoms with Crippen molar-refractivity contribution in [1.29, 1.82) is 0 Å². The Morgan fingerprint density at radius 2 is 2.36 bits per heavy atom. The molecule has 0 aromatic carbocycles. The van der Waals surface area contributed by atoms with Gasteiger partial charge in [0.25, 0.3) is 0 Å². The van der Waals surface area contributed by atoms with Crippen molar-refractivity contribution in [3.05, 3.63) is 23.4 Å². The number of hydrogen-bond donors (Lipinski definition) is 0. The lowest BCUT2D eigenvalue weighted by molar-refractivity contribution is -0.104. The molecule has 0 atom stereocenters. The highest BCUT2D eigenvalue weighted by Gasteiger charge is 2.16. The summed E-state index contributed by atoms with van der Waals surface area (Å²) in [6.45, 7) is 0. The molecule has 0 unspecified atom stereocenters. The van der Waals surface area contributed by atoms with Gasteiger partial charge in [-0.15, -0.1) is 10.2 Å². The van der Waals surface area contributed by atoms with Crippen LogP contribution in [0.25, 0.3) is 0 Å². The van der Waals surface area contributed by atoms with E-state index in [4.69, 9.17) is 0 Å². The van der Waals surface area contributed by atoms with Crippen molar-refractivity contribution < 1.29 is 4.79 Å². The summed E-state index contributed by atoms with van der Waals surface area (Å²) in [5.74, 6) is 0. The maximum atomic E-state index is 10.3. The Morgan fingerprint density at radius 3 is 3.18 bits per heavy atom. The summed E-state index contributed by atoms with van der Waals surface area (Å²) in [6, 6.07) is 0. The Bertz CT molecular complexity index is 323. The predicted octanol–water partition coefficient (Wildman–Crippen LogP) is 1.22. The molecular weight excluding hydrogens is 142 g/mol. The van der Waals surface area contributed by atoms with Gasteiger partial charge in [0.2, 0.25) is 0 Å². The van der Waals surface area contributed by atoms with E-state index in [0.717, 1.165) is 23.3 Å². The maximum absolute atomic E-state index is 10.3. The minimum atomic E-state index is 0.558. The zero-order valence-electron chi connectivity index (χ0n) is 5.69.